The van der Waals surface area contributed by atoms with Crippen molar-refractivity contribution in [2.45, 2.75) is 78.0 Å². The Kier molecular flexibility index (Phi) is 4.88. The number of hydrogen-bond acceptors (Lipinski definition) is 3. The van der Waals surface area contributed by atoms with Gasteiger partial charge in [0.25, 0.3) is 0 Å². The molecule has 4 heteroatoms. The van der Waals surface area contributed by atoms with Gasteiger partial charge >= 0.3 is 6.09 Å². The van der Waals surface area contributed by atoms with E-state index in [-0.39, 0.29) is 12.1 Å². The molecule has 1 saturated heterocycles. The molecule has 1 N–H and O–H groups in total. The maximum absolute atomic E-state index is 12.1. The highest BCUT2D eigenvalue weighted by Crippen LogP contribution is 2.32. The van der Waals surface area contributed by atoms with Crippen LogP contribution in [0.1, 0.15) is 60.8 Å². The van der Waals surface area contributed by atoms with Crippen molar-refractivity contribution < 1.29 is 14.6 Å². The van der Waals surface area contributed by atoms with Crippen LogP contribution < -0.4 is 0 Å². The summed E-state index contributed by atoms with van der Waals surface area (Å²) in [7, 11) is 0. The molecule has 1 fully saturated rings. The van der Waals surface area contributed by atoms with Crippen LogP contribution in [0.4, 0.5) is 4.79 Å². The van der Waals surface area contributed by atoms with Crippen LogP contribution in [0.15, 0.2) is 0 Å². The van der Waals surface area contributed by atoms with E-state index >= 15 is 0 Å². The van der Waals surface area contributed by atoms with Gasteiger partial charge < -0.3 is 14.7 Å². The molecule has 0 saturated carbocycles. The number of ether oxygens (including phenoxy) is 1. The molecule has 0 aromatic carbocycles. The molecule has 0 aromatic rings. The number of rotatable bonds is 2. The Balaban J connectivity index is 2.62. The molecule has 4 nitrogen and oxygen atoms in total. The number of carbonyl (C=O) groups is 1. The van der Waals surface area contributed by atoms with E-state index in [9.17, 15) is 9.90 Å². The predicted octanol–water partition coefficient (Wildman–Crippen LogP) is 3.18. The lowest BCUT2D eigenvalue weighted by Crippen LogP contribution is -2.53. The number of nitrogens with zero attached hydrogens (tertiary/aromatic N) is 1. The maximum atomic E-state index is 12.1. The van der Waals surface area contributed by atoms with Crippen LogP contribution in [0.25, 0.3) is 0 Å². The second-order valence-corrected chi connectivity index (χ2v) is 7.30. The fourth-order valence-corrected chi connectivity index (χ4v) is 2.85. The molecule has 1 aliphatic rings. The van der Waals surface area contributed by atoms with Crippen molar-refractivity contribution in [1.29, 1.82) is 0 Å². The summed E-state index contributed by atoms with van der Waals surface area (Å²) >= 11 is 0. The van der Waals surface area contributed by atoms with Crippen molar-refractivity contribution in [2.24, 2.45) is 5.92 Å². The Morgan fingerprint density at radius 2 is 2.05 bits per heavy atom. The van der Waals surface area contributed by atoms with Gasteiger partial charge in [0.2, 0.25) is 0 Å². The minimum atomic E-state index is -0.633. The van der Waals surface area contributed by atoms with Crippen molar-refractivity contribution in [1.82, 2.24) is 4.90 Å². The van der Waals surface area contributed by atoms with Gasteiger partial charge in [-0.05, 0) is 52.9 Å². The highest BCUT2D eigenvalue weighted by molar-refractivity contribution is 5.68. The summed E-state index contributed by atoms with van der Waals surface area (Å²) in [5.74, 6) is 0.463. The van der Waals surface area contributed by atoms with Crippen LogP contribution in [0, 0.1) is 5.92 Å². The normalized spacial score (nSPS) is 28.6. The number of aliphatic hydroxyl groups is 1. The summed E-state index contributed by atoms with van der Waals surface area (Å²) in [6, 6.07) is 0.0207. The standard InChI is InChI=1S/C15H29NO3/c1-11(2)9-15(18)7-8-16(12(3)10-15)13(17)19-14(4,5)6/h11-12,18H,7-10H2,1-6H3/t12-,15-/m0/s1. The first-order chi connectivity index (χ1) is 8.52. The predicted molar refractivity (Wildman–Crippen MR) is 76.0 cm³/mol. The largest absolute Gasteiger partial charge is 0.444 e. The SMILES string of the molecule is CC(C)C[C@@]1(O)CCN(C(=O)OC(C)(C)C)[C@@H](C)C1. The second-order valence-electron chi connectivity index (χ2n) is 7.30. The zero-order valence-corrected chi connectivity index (χ0v) is 13.2. The minimum Gasteiger partial charge on any atom is -0.444 e. The maximum Gasteiger partial charge on any atom is 0.410 e. The first-order valence-corrected chi connectivity index (χ1v) is 7.24. The van der Waals surface area contributed by atoms with Crippen LogP contribution >= 0.6 is 0 Å². The molecular formula is C15H29NO3. The van der Waals surface area contributed by atoms with Crippen LogP contribution in [0.3, 0.4) is 0 Å². The second kappa shape index (κ2) is 5.70. The first-order valence-electron chi connectivity index (χ1n) is 7.24. The van der Waals surface area contributed by atoms with E-state index in [0.29, 0.717) is 25.3 Å². The number of carbonyl (C=O) groups excluding carboxylic acids is 1. The van der Waals surface area contributed by atoms with Crippen molar-refractivity contribution in [3.05, 3.63) is 0 Å². The molecule has 112 valence electrons. The van der Waals surface area contributed by atoms with Gasteiger partial charge in [-0.3, -0.25) is 0 Å². The quantitative estimate of drug-likeness (QED) is 0.839. The van der Waals surface area contributed by atoms with Gasteiger partial charge in [0.15, 0.2) is 0 Å². The van der Waals surface area contributed by atoms with Gasteiger partial charge in [-0.1, -0.05) is 13.8 Å². The van der Waals surface area contributed by atoms with Crippen LogP contribution in [-0.4, -0.2) is 39.9 Å². The third-order valence-corrected chi connectivity index (χ3v) is 3.44. The lowest BCUT2D eigenvalue weighted by Gasteiger charge is -2.43. The topological polar surface area (TPSA) is 49.8 Å². The molecule has 0 bridgehead atoms. The summed E-state index contributed by atoms with van der Waals surface area (Å²) < 4.78 is 5.40. The molecule has 1 heterocycles. The van der Waals surface area contributed by atoms with Crippen molar-refractivity contribution in [2.75, 3.05) is 6.54 Å². The van der Waals surface area contributed by atoms with Crippen LogP contribution in [0.2, 0.25) is 0 Å². The summed E-state index contributed by atoms with van der Waals surface area (Å²) in [6.07, 6.45) is 1.78. The van der Waals surface area contributed by atoms with Crippen molar-refractivity contribution in [3.8, 4) is 0 Å². The lowest BCUT2D eigenvalue weighted by molar-refractivity contribution is -0.0606. The molecule has 1 rings (SSSR count). The van der Waals surface area contributed by atoms with E-state index in [1.165, 1.54) is 0 Å². The molecule has 1 aliphatic heterocycles. The molecule has 0 unspecified atom stereocenters. The fourth-order valence-electron chi connectivity index (χ4n) is 2.85. The first kappa shape index (κ1) is 16.3. The van der Waals surface area contributed by atoms with Gasteiger partial charge in [0.05, 0.1) is 5.60 Å². The highest BCUT2D eigenvalue weighted by atomic mass is 16.6. The molecule has 0 radical (unpaired) electrons. The fraction of sp³-hybridized carbons (Fsp3) is 0.933. The third-order valence-electron chi connectivity index (χ3n) is 3.44. The van der Waals surface area contributed by atoms with Gasteiger partial charge in [-0.2, -0.15) is 0 Å². The lowest BCUT2D eigenvalue weighted by atomic mass is 9.81. The minimum absolute atomic E-state index is 0.0207. The smallest absolute Gasteiger partial charge is 0.410 e. The van der Waals surface area contributed by atoms with Gasteiger partial charge in [0, 0.05) is 12.6 Å². The number of likely N-dealkylation sites (tertiary alicyclic amines) is 1. The Morgan fingerprint density at radius 3 is 2.47 bits per heavy atom. The molecule has 0 aliphatic carbocycles. The van der Waals surface area contributed by atoms with Gasteiger partial charge in [-0.15, -0.1) is 0 Å². The molecular weight excluding hydrogens is 242 g/mol. The number of hydrogen-bond donors (Lipinski definition) is 1. The van der Waals surface area contributed by atoms with Gasteiger partial charge in [-0.25, -0.2) is 4.79 Å². The molecule has 19 heavy (non-hydrogen) atoms. The number of amides is 1. The molecule has 0 spiro atoms. The van der Waals surface area contributed by atoms with E-state index in [1.54, 1.807) is 4.90 Å². The van der Waals surface area contributed by atoms with Crippen molar-refractivity contribution >= 4 is 6.09 Å². The average Bonchev–Trinajstić information content (AvgIpc) is 2.11. The zero-order valence-electron chi connectivity index (χ0n) is 13.2. The summed E-state index contributed by atoms with van der Waals surface area (Å²) in [5, 5.41) is 10.6. The Labute approximate surface area is 117 Å². The molecule has 2 atom stereocenters. The van der Waals surface area contributed by atoms with E-state index in [2.05, 4.69) is 13.8 Å². The molecule has 1 amide bonds. The zero-order chi connectivity index (χ0) is 14.8. The Morgan fingerprint density at radius 1 is 1.47 bits per heavy atom. The van der Waals surface area contributed by atoms with E-state index in [4.69, 9.17) is 4.74 Å². The number of piperidine rings is 1. The van der Waals surface area contributed by atoms with Crippen LogP contribution in [-0.2, 0) is 4.74 Å². The van der Waals surface area contributed by atoms with E-state index < -0.39 is 11.2 Å². The average molecular weight is 271 g/mol. The summed E-state index contributed by atoms with van der Waals surface area (Å²) in [5.41, 5.74) is -1.10. The third kappa shape index (κ3) is 5.01. The monoisotopic (exact) mass is 271 g/mol. The van der Waals surface area contributed by atoms with E-state index in [0.717, 1.165) is 6.42 Å². The summed E-state index contributed by atoms with van der Waals surface area (Å²) in [4.78, 5) is 13.8. The highest BCUT2D eigenvalue weighted by Gasteiger charge is 2.39. The summed E-state index contributed by atoms with van der Waals surface area (Å²) in [6.45, 7) is 12.4. The van der Waals surface area contributed by atoms with Crippen LogP contribution in [0.5, 0.6) is 0 Å². The van der Waals surface area contributed by atoms with Crippen molar-refractivity contribution in [3.63, 3.8) is 0 Å². The van der Waals surface area contributed by atoms with E-state index in [1.807, 2.05) is 27.7 Å². The Bertz CT molecular complexity index is 322. The van der Waals surface area contributed by atoms with Gasteiger partial charge in [0.1, 0.15) is 5.60 Å². The Hall–Kier alpha value is -0.770. The molecule has 0 aromatic heterocycles.